The second-order valence-corrected chi connectivity index (χ2v) is 14.8. The summed E-state index contributed by atoms with van der Waals surface area (Å²) in [5.74, 6) is 1.62. The summed E-state index contributed by atoms with van der Waals surface area (Å²) in [6.07, 6.45) is 6.05. The predicted molar refractivity (Wildman–Crippen MR) is 167 cm³/mol. The normalized spacial score (nSPS) is 23.3. The third kappa shape index (κ3) is 5.20. The highest BCUT2D eigenvalue weighted by Gasteiger charge is 2.64. The van der Waals surface area contributed by atoms with E-state index in [9.17, 15) is 14.7 Å². The number of ether oxygens (including phenoxy) is 1. The Morgan fingerprint density at radius 3 is 2.44 bits per heavy atom. The second-order valence-electron chi connectivity index (χ2n) is 12.3. The van der Waals surface area contributed by atoms with Crippen LogP contribution >= 0.6 is 23.1 Å². The summed E-state index contributed by atoms with van der Waals surface area (Å²) >= 11 is 3.45. The van der Waals surface area contributed by atoms with Crippen LogP contribution in [0, 0.1) is 0 Å². The summed E-state index contributed by atoms with van der Waals surface area (Å²) < 4.78 is 5.46. The van der Waals surface area contributed by atoms with E-state index < -0.39 is 11.7 Å². The Hall–Kier alpha value is -3.77. The molecule has 3 atom stereocenters. The van der Waals surface area contributed by atoms with Crippen LogP contribution in [-0.4, -0.2) is 71.1 Å². The number of rotatable bonds is 5. The molecule has 3 aliphatic rings. The van der Waals surface area contributed by atoms with Crippen molar-refractivity contribution in [3.63, 3.8) is 0 Å². The lowest BCUT2D eigenvalue weighted by Crippen LogP contribution is -2.44. The molecule has 224 valence electrons. The maximum atomic E-state index is 12.8. The maximum absolute atomic E-state index is 12.8. The number of H-pyrrole nitrogens is 2. The van der Waals surface area contributed by atoms with E-state index in [0.717, 1.165) is 63.8 Å². The number of nitrogens with one attached hydrogen (secondary N) is 2. The lowest BCUT2D eigenvalue weighted by Gasteiger charge is -2.31. The summed E-state index contributed by atoms with van der Waals surface area (Å²) in [5.41, 5.74) is 3.50. The number of likely N-dealkylation sites (tertiary alicyclic amines) is 2. The molecule has 10 nitrogen and oxygen atoms in total. The van der Waals surface area contributed by atoms with Crippen LogP contribution < -0.4 is 0 Å². The average molecular weight is 619 g/mol. The van der Waals surface area contributed by atoms with Crippen LogP contribution in [-0.2, 0) is 9.48 Å². The van der Waals surface area contributed by atoms with Gasteiger partial charge in [0.25, 0.3) is 0 Å². The quantitative estimate of drug-likeness (QED) is 0.200. The Labute approximate surface area is 257 Å². The molecule has 43 heavy (non-hydrogen) atoms. The average Bonchev–Trinajstić information content (AvgIpc) is 3.57. The van der Waals surface area contributed by atoms with Crippen molar-refractivity contribution >= 4 is 35.3 Å². The fourth-order valence-electron chi connectivity index (χ4n) is 6.14. The number of carboxylic acid groups (broad SMARTS) is 1. The van der Waals surface area contributed by atoms with Crippen molar-refractivity contribution in [2.75, 3.05) is 13.1 Å². The van der Waals surface area contributed by atoms with E-state index in [2.05, 4.69) is 51.4 Å². The van der Waals surface area contributed by atoms with Gasteiger partial charge in [-0.2, -0.15) is 0 Å². The number of aromatic nitrogens is 4. The summed E-state index contributed by atoms with van der Waals surface area (Å²) in [6, 6.07) is 12.4. The molecule has 3 fully saturated rings. The van der Waals surface area contributed by atoms with Gasteiger partial charge in [-0.3, -0.25) is 9.80 Å². The number of fused-ring (bicyclic) bond motifs is 1. The molecule has 3 unspecified atom stereocenters. The van der Waals surface area contributed by atoms with Crippen LogP contribution in [0.25, 0.3) is 32.3 Å². The molecule has 2 amide bonds. The highest BCUT2D eigenvalue weighted by Crippen LogP contribution is 2.66. The first kappa shape index (κ1) is 28.0. The van der Waals surface area contributed by atoms with Crippen LogP contribution in [0.5, 0.6) is 0 Å². The highest BCUT2D eigenvalue weighted by atomic mass is 32.2. The maximum Gasteiger partial charge on any atom is 0.411 e. The van der Waals surface area contributed by atoms with Crippen molar-refractivity contribution in [1.82, 2.24) is 29.7 Å². The van der Waals surface area contributed by atoms with E-state index >= 15 is 0 Å². The van der Waals surface area contributed by atoms with Gasteiger partial charge in [0.05, 0.1) is 34.7 Å². The van der Waals surface area contributed by atoms with Gasteiger partial charge in [-0.1, -0.05) is 24.3 Å². The molecular weight excluding hydrogens is 585 g/mol. The summed E-state index contributed by atoms with van der Waals surface area (Å²) in [7, 11) is 0. The van der Waals surface area contributed by atoms with Crippen molar-refractivity contribution in [3.8, 4) is 32.3 Å². The zero-order valence-electron chi connectivity index (χ0n) is 24.3. The molecule has 6 heterocycles. The van der Waals surface area contributed by atoms with Crippen molar-refractivity contribution in [2.24, 2.45) is 0 Å². The minimum absolute atomic E-state index is 0.0470. The van der Waals surface area contributed by atoms with E-state index in [0.29, 0.717) is 18.9 Å². The molecule has 7 rings (SSSR count). The van der Waals surface area contributed by atoms with Crippen molar-refractivity contribution < 1.29 is 19.4 Å². The zero-order chi connectivity index (χ0) is 29.9. The fourth-order valence-corrected chi connectivity index (χ4v) is 8.60. The Bertz CT molecular complexity index is 1670. The number of imidazole rings is 2. The smallest absolute Gasteiger partial charge is 0.411 e. The highest BCUT2D eigenvalue weighted by molar-refractivity contribution is 8.08. The van der Waals surface area contributed by atoms with Gasteiger partial charge in [0.2, 0.25) is 0 Å². The molecule has 0 saturated carbocycles. The Morgan fingerprint density at radius 2 is 1.67 bits per heavy atom. The van der Waals surface area contributed by atoms with Crippen LogP contribution in [0.1, 0.15) is 64.1 Å². The van der Waals surface area contributed by atoms with E-state index in [4.69, 9.17) is 9.72 Å². The molecule has 0 aliphatic carbocycles. The topological polar surface area (TPSA) is 127 Å². The number of aromatic amines is 2. The third-order valence-electron chi connectivity index (χ3n) is 8.26. The molecule has 0 radical (unpaired) electrons. The number of thiophene rings is 1. The number of benzene rings is 1. The van der Waals surface area contributed by atoms with Crippen molar-refractivity contribution in [2.45, 2.75) is 68.2 Å². The van der Waals surface area contributed by atoms with Gasteiger partial charge >= 0.3 is 12.2 Å². The first-order valence-corrected chi connectivity index (χ1v) is 16.3. The monoisotopic (exact) mass is 618 g/mol. The summed E-state index contributed by atoms with van der Waals surface area (Å²) in [5, 5.41) is 9.53. The summed E-state index contributed by atoms with van der Waals surface area (Å²) in [4.78, 5) is 46.1. The number of hydrogen-bond acceptors (Lipinski definition) is 7. The van der Waals surface area contributed by atoms with Gasteiger partial charge in [-0.25, -0.2) is 19.6 Å². The number of amides is 2. The van der Waals surface area contributed by atoms with Gasteiger partial charge in [0.15, 0.2) is 0 Å². The van der Waals surface area contributed by atoms with E-state index in [1.807, 2.05) is 31.9 Å². The fraction of sp³-hybridized carbons (Fsp3) is 0.419. The number of hydrogen-bond donors (Lipinski definition) is 3. The lowest BCUT2D eigenvalue weighted by atomic mass is 9.97. The van der Waals surface area contributed by atoms with Crippen LogP contribution in [0.15, 0.2) is 48.8 Å². The molecule has 3 saturated heterocycles. The van der Waals surface area contributed by atoms with Gasteiger partial charge in [-0.05, 0) is 69.7 Å². The molecule has 0 spiro atoms. The van der Waals surface area contributed by atoms with Gasteiger partial charge in [0.1, 0.15) is 27.4 Å². The lowest BCUT2D eigenvalue weighted by molar-refractivity contribution is 0.0188. The van der Waals surface area contributed by atoms with Crippen molar-refractivity contribution in [3.05, 3.63) is 60.4 Å². The largest absolute Gasteiger partial charge is 0.465 e. The minimum atomic E-state index is -0.900. The molecule has 1 aromatic carbocycles. The van der Waals surface area contributed by atoms with Crippen LogP contribution in [0.4, 0.5) is 9.59 Å². The zero-order valence-corrected chi connectivity index (χ0v) is 25.9. The number of piperidine rings is 1. The molecule has 0 bridgehead atoms. The van der Waals surface area contributed by atoms with Crippen LogP contribution in [0.2, 0.25) is 0 Å². The van der Waals surface area contributed by atoms with E-state index in [1.54, 1.807) is 29.3 Å². The third-order valence-corrected chi connectivity index (χ3v) is 11.1. The predicted octanol–water partition coefficient (Wildman–Crippen LogP) is 7.31. The Kier molecular flexibility index (Phi) is 6.81. The molecular formula is C31H34N6O4S2. The van der Waals surface area contributed by atoms with Gasteiger partial charge < -0.3 is 19.8 Å². The van der Waals surface area contributed by atoms with Crippen molar-refractivity contribution in [1.29, 1.82) is 0 Å². The van der Waals surface area contributed by atoms with Gasteiger partial charge in [-0.15, -0.1) is 23.1 Å². The molecule has 3 aliphatic heterocycles. The van der Waals surface area contributed by atoms with Gasteiger partial charge in [0, 0.05) is 18.0 Å². The number of carbonyl (C=O) groups is 2. The van der Waals surface area contributed by atoms with E-state index in [-0.39, 0.29) is 22.3 Å². The Morgan fingerprint density at radius 1 is 0.953 bits per heavy atom. The first-order chi connectivity index (χ1) is 20.6. The summed E-state index contributed by atoms with van der Waals surface area (Å²) in [6.45, 7) is 6.94. The first-order valence-electron chi connectivity index (χ1n) is 14.6. The molecule has 12 heteroatoms. The number of nitrogens with zero attached hydrogens (tertiary/aromatic N) is 4. The Balaban J connectivity index is 1.04. The number of carbonyl (C=O) groups excluding carboxylic acids is 1. The molecule has 3 N–H and O–H groups in total. The second kappa shape index (κ2) is 10.4. The van der Waals surface area contributed by atoms with E-state index in [1.165, 1.54) is 4.90 Å². The number of thioether (sulfide) groups is 1. The standard InChI is InChI=1S/C31H34N6O4S2/c1-30(2,3)41-29(40)37-15-5-13-31(27(37)43-31)26-33-16-20(35-26)18-7-9-19(10-8-18)23-11-12-24(42-23)21-17-32-25(34-21)22-6-4-14-36(22)28(38)39/h7-12,16-17,22,27H,4-6,13-15H2,1-3H3,(H,32,34)(H,33,35)(H,38,39). The molecule has 3 aromatic heterocycles. The minimum Gasteiger partial charge on any atom is -0.465 e. The molecule has 4 aromatic rings. The van der Waals surface area contributed by atoms with Crippen LogP contribution in [0.3, 0.4) is 0 Å². The SMILES string of the molecule is CC(C)(C)OC(=O)N1CCCC2(c3ncc(-c4ccc(-c5ccc(-c6cnc(C7CCCN7C(=O)O)[nH]6)s5)cc4)[nH]3)SC12.